The number of ether oxygens (including phenoxy) is 1. The molecular formula is C21H27ClF3N5O2. The molecule has 0 aliphatic heterocycles. The molecule has 1 saturated carbocycles. The van der Waals surface area contributed by atoms with Gasteiger partial charge in [0, 0.05) is 37.8 Å². The maximum absolute atomic E-state index is 12.4. The Morgan fingerprint density at radius 2 is 1.66 bits per heavy atom. The van der Waals surface area contributed by atoms with Gasteiger partial charge in [-0.25, -0.2) is 9.97 Å². The van der Waals surface area contributed by atoms with Crippen molar-refractivity contribution in [3.8, 4) is 5.75 Å². The molecule has 2 N–H and O–H groups in total. The van der Waals surface area contributed by atoms with Gasteiger partial charge in [-0.05, 0) is 56.9 Å². The molecule has 0 atom stereocenters. The Balaban J connectivity index is 0.00000363. The minimum Gasteiger partial charge on any atom is -0.406 e. The van der Waals surface area contributed by atoms with E-state index in [0.29, 0.717) is 11.4 Å². The van der Waals surface area contributed by atoms with Crippen LogP contribution in [0.4, 0.5) is 24.8 Å². The lowest BCUT2D eigenvalue weighted by Gasteiger charge is -2.30. The molecule has 7 nitrogen and oxygen atoms in total. The molecule has 2 aromatic rings. The van der Waals surface area contributed by atoms with Gasteiger partial charge in [0.15, 0.2) is 0 Å². The molecule has 1 amide bonds. The summed E-state index contributed by atoms with van der Waals surface area (Å²) in [6.07, 6.45) is -1.44. The third-order valence-electron chi connectivity index (χ3n) is 5.05. The van der Waals surface area contributed by atoms with Crippen molar-refractivity contribution in [1.29, 1.82) is 0 Å². The van der Waals surface area contributed by atoms with E-state index in [1.54, 1.807) is 0 Å². The zero-order chi connectivity index (χ0) is 22.6. The predicted molar refractivity (Wildman–Crippen MR) is 119 cm³/mol. The fourth-order valence-corrected chi connectivity index (χ4v) is 3.52. The monoisotopic (exact) mass is 473 g/mol. The van der Waals surface area contributed by atoms with E-state index in [1.807, 2.05) is 32.0 Å². The number of alkyl halides is 3. The van der Waals surface area contributed by atoms with Gasteiger partial charge >= 0.3 is 6.36 Å². The lowest BCUT2D eigenvalue weighted by molar-refractivity contribution is -0.274. The number of carbonyl (C=O) groups is 1. The molecule has 11 heteroatoms. The summed E-state index contributed by atoms with van der Waals surface area (Å²) in [5.41, 5.74) is 0.294. The smallest absolute Gasteiger partial charge is 0.406 e. The first-order chi connectivity index (χ1) is 14.6. The van der Waals surface area contributed by atoms with Crippen molar-refractivity contribution in [1.82, 2.24) is 15.3 Å². The van der Waals surface area contributed by atoms with Crippen LogP contribution in [0.3, 0.4) is 0 Å². The van der Waals surface area contributed by atoms with Gasteiger partial charge in [0.1, 0.15) is 23.2 Å². The molecule has 176 valence electrons. The molecule has 1 aromatic heterocycles. The number of aryl methyl sites for hydroxylation is 1. The van der Waals surface area contributed by atoms with Crippen LogP contribution >= 0.6 is 12.4 Å². The Morgan fingerprint density at radius 1 is 1.06 bits per heavy atom. The summed E-state index contributed by atoms with van der Waals surface area (Å²) >= 11 is 0. The van der Waals surface area contributed by atoms with Gasteiger partial charge in [-0.1, -0.05) is 0 Å². The van der Waals surface area contributed by atoms with E-state index < -0.39 is 6.36 Å². The van der Waals surface area contributed by atoms with Crippen LogP contribution in [0.1, 0.15) is 41.9 Å². The Kier molecular flexibility index (Phi) is 8.54. The molecular weight excluding hydrogens is 447 g/mol. The zero-order valence-corrected chi connectivity index (χ0v) is 18.9. The first-order valence-corrected chi connectivity index (χ1v) is 10.1. The van der Waals surface area contributed by atoms with Crippen LogP contribution in [0, 0.1) is 6.92 Å². The topological polar surface area (TPSA) is 79.4 Å². The second-order valence-electron chi connectivity index (χ2n) is 7.79. The predicted octanol–water partition coefficient (Wildman–Crippen LogP) is 4.32. The molecule has 32 heavy (non-hydrogen) atoms. The quantitative estimate of drug-likeness (QED) is 0.650. The standard InChI is InChI=1S/C21H26F3N5O2.ClH/c1-13-25-18(12-19(26-13)29(2)3)27-15-6-8-16(9-7-15)28-20(30)14-4-10-17(11-5-14)31-21(22,23)24;/h4-5,10-12,15-16H,6-9H2,1-3H3,(H,28,30)(H,25,26,27);1H/t15-,16+;. The average molecular weight is 474 g/mol. The molecule has 0 bridgehead atoms. The van der Waals surface area contributed by atoms with Gasteiger partial charge in [-0.3, -0.25) is 4.79 Å². The number of amides is 1. The summed E-state index contributed by atoms with van der Waals surface area (Å²) in [5, 5.41) is 6.41. The zero-order valence-electron chi connectivity index (χ0n) is 18.1. The number of benzene rings is 1. The highest BCUT2D eigenvalue weighted by molar-refractivity contribution is 5.94. The van der Waals surface area contributed by atoms with Crippen LogP contribution in [-0.4, -0.2) is 48.4 Å². The summed E-state index contributed by atoms with van der Waals surface area (Å²) in [6, 6.07) is 7.08. The van der Waals surface area contributed by atoms with Gasteiger partial charge in [-0.15, -0.1) is 25.6 Å². The number of anilines is 2. The molecule has 3 rings (SSSR count). The number of aromatic nitrogens is 2. The van der Waals surface area contributed by atoms with Gasteiger partial charge in [0.05, 0.1) is 0 Å². The third kappa shape index (κ3) is 7.44. The first kappa shape index (κ1) is 25.5. The van der Waals surface area contributed by atoms with E-state index in [4.69, 9.17) is 0 Å². The number of nitrogens with zero attached hydrogens (tertiary/aromatic N) is 3. The maximum Gasteiger partial charge on any atom is 0.573 e. The van der Waals surface area contributed by atoms with Crippen molar-refractivity contribution in [2.45, 2.75) is 51.1 Å². The molecule has 0 saturated heterocycles. The molecule has 0 radical (unpaired) electrons. The Hall–Kier alpha value is -2.75. The summed E-state index contributed by atoms with van der Waals surface area (Å²) in [4.78, 5) is 23.2. The molecule has 1 aromatic carbocycles. The summed E-state index contributed by atoms with van der Waals surface area (Å²) < 4.78 is 40.5. The first-order valence-electron chi connectivity index (χ1n) is 10.1. The molecule has 0 spiro atoms. The summed E-state index contributed by atoms with van der Waals surface area (Å²) in [5.74, 6) is 1.65. The van der Waals surface area contributed by atoms with Crippen molar-refractivity contribution >= 4 is 29.9 Å². The van der Waals surface area contributed by atoms with Crippen LogP contribution in [0.5, 0.6) is 5.75 Å². The molecule has 1 aliphatic carbocycles. The van der Waals surface area contributed by atoms with Crippen LogP contribution in [0.2, 0.25) is 0 Å². The SMILES string of the molecule is Cc1nc(N[C@H]2CC[C@@H](NC(=O)c3ccc(OC(F)(F)F)cc3)CC2)cc(N(C)C)n1.Cl. The fraction of sp³-hybridized carbons (Fsp3) is 0.476. The van der Waals surface area contributed by atoms with E-state index in [-0.39, 0.29) is 36.1 Å². The number of hydrogen-bond acceptors (Lipinski definition) is 6. The van der Waals surface area contributed by atoms with Crippen LogP contribution < -0.4 is 20.3 Å². The minimum atomic E-state index is -4.76. The fourth-order valence-electron chi connectivity index (χ4n) is 3.52. The van der Waals surface area contributed by atoms with Gasteiger partial charge in [0.2, 0.25) is 0 Å². The van der Waals surface area contributed by atoms with Crippen molar-refractivity contribution in [2.75, 3.05) is 24.3 Å². The number of hydrogen-bond donors (Lipinski definition) is 2. The average Bonchev–Trinajstić information content (AvgIpc) is 2.68. The van der Waals surface area contributed by atoms with Gasteiger partial charge in [0.25, 0.3) is 5.91 Å². The molecule has 1 aliphatic rings. The molecule has 1 fully saturated rings. The van der Waals surface area contributed by atoms with Crippen molar-refractivity contribution in [3.05, 3.63) is 41.7 Å². The second kappa shape index (κ2) is 10.7. The van der Waals surface area contributed by atoms with Crippen molar-refractivity contribution in [2.24, 2.45) is 0 Å². The van der Waals surface area contributed by atoms with Crippen LogP contribution in [0.15, 0.2) is 30.3 Å². The van der Waals surface area contributed by atoms with Gasteiger partial charge in [-0.2, -0.15) is 0 Å². The Morgan fingerprint density at radius 3 is 2.22 bits per heavy atom. The highest BCUT2D eigenvalue weighted by Gasteiger charge is 2.31. The van der Waals surface area contributed by atoms with E-state index >= 15 is 0 Å². The summed E-state index contributed by atoms with van der Waals surface area (Å²) in [7, 11) is 3.85. The van der Waals surface area contributed by atoms with Gasteiger partial charge < -0.3 is 20.3 Å². The normalized spacial score (nSPS) is 18.3. The second-order valence-corrected chi connectivity index (χ2v) is 7.79. The van der Waals surface area contributed by atoms with Crippen molar-refractivity contribution in [3.63, 3.8) is 0 Å². The lowest BCUT2D eigenvalue weighted by Crippen LogP contribution is -2.40. The largest absolute Gasteiger partial charge is 0.573 e. The Labute approximate surface area is 191 Å². The van der Waals surface area contributed by atoms with Crippen LogP contribution in [0.25, 0.3) is 0 Å². The van der Waals surface area contributed by atoms with E-state index in [0.717, 1.165) is 49.5 Å². The maximum atomic E-state index is 12.4. The Bertz CT molecular complexity index is 901. The number of carbonyl (C=O) groups excluding carboxylic acids is 1. The third-order valence-corrected chi connectivity index (χ3v) is 5.05. The highest BCUT2D eigenvalue weighted by atomic mass is 35.5. The summed E-state index contributed by atoms with van der Waals surface area (Å²) in [6.45, 7) is 1.85. The minimum absolute atomic E-state index is 0. The molecule has 0 unspecified atom stereocenters. The number of nitrogens with one attached hydrogen (secondary N) is 2. The van der Waals surface area contributed by atoms with Crippen molar-refractivity contribution < 1.29 is 22.7 Å². The number of rotatable bonds is 6. The van der Waals surface area contributed by atoms with E-state index in [9.17, 15) is 18.0 Å². The number of halogens is 4. The molecule has 1 heterocycles. The van der Waals surface area contributed by atoms with E-state index in [1.165, 1.54) is 12.1 Å². The van der Waals surface area contributed by atoms with E-state index in [2.05, 4.69) is 25.3 Å². The lowest BCUT2D eigenvalue weighted by atomic mass is 9.91. The van der Waals surface area contributed by atoms with Crippen LogP contribution in [-0.2, 0) is 0 Å². The highest BCUT2D eigenvalue weighted by Crippen LogP contribution is 2.25.